The number of pyridine rings is 1. The monoisotopic (exact) mass is 542 g/mol. The van der Waals surface area contributed by atoms with Crippen molar-refractivity contribution in [2.45, 2.75) is 57.9 Å². The molecule has 2 aliphatic heterocycles. The van der Waals surface area contributed by atoms with Gasteiger partial charge in [0.25, 0.3) is 0 Å². The second kappa shape index (κ2) is 13.2. The van der Waals surface area contributed by atoms with Crippen LogP contribution in [-0.4, -0.2) is 60.6 Å². The highest BCUT2D eigenvalue weighted by molar-refractivity contribution is 5.96. The summed E-state index contributed by atoms with van der Waals surface area (Å²) in [4.78, 5) is 20.7. The fourth-order valence-corrected chi connectivity index (χ4v) is 5.35. The SMILES string of the molecule is CC(C)C(=N)NC(=O)N1CCC(CCCOc2ccc(N3CC[C@H](c4cc(F)ccc4F)[C@@H](N)C3)nc2)CC1. The number of amidine groups is 1. The molecule has 8 nitrogen and oxygen atoms in total. The molecule has 3 heterocycles. The van der Waals surface area contributed by atoms with Crippen molar-refractivity contribution >= 4 is 17.7 Å². The first-order valence-corrected chi connectivity index (χ1v) is 13.9. The van der Waals surface area contributed by atoms with Crippen LogP contribution in [0.3, 0.4) is 0 Å². The smallest absolute Gasteiger partial charge is 0.322 e. The molecule has 1 aromatic heterocycles. The number of benzene rings is 1. The Morgan fingerprint density at radius 2 is 1.95 bits per heavy atom. The minimum absolute atomic E-state index is 0.00830. The molecule has 10 heteroatoms. The number of carbonyl (C=O) groups is 1. The number of likely N-dealkylation sites (tertiary alicyclic amines) is 1. The molecular formula is C29H40F2N6O2. The number of nitrogens with zero attached hydrogens (tertiary/aromatic N) is 3. The molecule has 1 aromatic carbocycles. The molecule has 4 N–H and O–H groups in total. The molecule has 2 aliphatic rings. The largest absolute Gasteiger partial charge is 0.492 e. The molecule has 0 unspecified atom stereocenters. The highest BCUT2D eigenvalue weighted by Crippen LogP contribution is 2.31. The lowest BCUT2D eigenvalue weighted by molar-refractivity contribution is 0.168. The normalized spacial score (nSPS) is 20.3. The van der Waals surface area contributed by atoms with Gasteiger partial charge in [-0.2, -0.15) is 0 Å². The average molecular weight is 543 g/mol. The maximum absolute atomic E-state index is 14.2. The van der Waals surface area contributed by atoms with Crippen LogP contribution in [0.2, 0.25) is 0 Å². The van der Waals surface area contributed by atoms with E-state index >= 15 is 0 Å². The summed E-state index contributed by atoms with van der Waals surface area (Å²) in [5, 5.41) is 10.5. The molecule has 0 bridgehead atoms. The topological polar surface area (TPSA) is 108 Å². The van der Waals surface area contributed by atoms with Gasteiger partial charge in [0.1, 0.15) is 29.0 Å². The predicted octanol–water partition coefficient (Wildman–Crippen LogP) is 4.89. The van der Waals surface area contributed by atoms with Crippen LogP contribution in [0.15, 0.2) is 36.5 Å². The quantitative estimate of drug-likeness (QED) is 0.250. The number of ether oxygens (including phenoxy) is 1. The first kappa shape index (κ1) is 28.7. The summed E-state index contributed by atoms with van der Waals surface area (Å²) in [6.45, 7) is 6.97. The van der Waals surface area contributed by atoms with Gasteiger partial charge >= 0.3 is 6.03 Å². The Morgan fingerprint density at radius 3 is 2.62 bits per heavy atom. The molecule has 0 saturated carbocycles. The summed E-state index contributed by atoms with van der Waals surface area (Å²) < 4.78 is 33.8. The Kier molecular flexibility index (Phi) is 9.72. The van der Waals surface area contributed by atoms with Gasteiger partial charge in [-0.3, -0.25) is 10.7 Å². The fraction of sp³-hybridized carbons (Fsp3) is 0.552. The van der Waals surface area contributed by atoms with E-state index in [9.17, 15) is 13.6 Å². The van der Waals surface area contributed by atoms with Gasteiger partial charge in [0.05, 0.1) is 12.8 Å². The molecule has 0 aliphatic carbocycles. The van der Waals surface area contributed by atoms with Crippen LogP contribution >= 0.6 is 0 Å². The number of anilines is 1. The van der Waals surface area contributed by atoms with E-state index in [2.05, 4.69) is 15.2 Å². The first-order valence-electron chi connectivity index (χ1n) is 13.9. The third kappa shape index (κ3) is 7.65. The molecule has 39 heavy (non-hydrogen) atoms. The molecule has 2 atom stereocenters. The number of rotatable bonds is 8. The van der Waals surface area contributed by atoms with Gasteiger partial charge in [-0.05, 0) is 73.9 Å². The molecule has 4 rings (SSSR count). The van der Waals surface area contributed by atoms with Crippen LogP contribution in [0.4, 0.5) is 19.4 Å². The second-order valence-electron chi connectivity index (χ2n) is 10.9. The number of piperidine rings is 2. The minimum Gasteiger partial charge on any atom is -0.492 e. The van der Waals surface area contributed by atoms with Crippen molar-refractivity contribution in [1.82, 2.24) is 15.2 Å². The summed E-state index contributed by atoms with van der Waals surface area (Å²) in [6.07, 6.45) is 6.22. The summed E-state index contributed by atoms with van der Waals surface area (Å²) in [6, 6.07) is 6.85. The number of nitrogens with two attached hydrogens (primary N) is 1. The Hall–Kier alpha value is -3.27. The standard InChI is InChI=1S/C29H40F2N6O2/c1-19(2)28(33)35-29(38)36-12-9-20(10-13-36)4-3-15-39-22-6-8-27(34-17-22)37-14-11-23(26(32)18-37)24-16-21(30)5-7-25(24)31/h5-8,16-17,19-20,23,26H,3-4,9-15,18,32H2,1-2H3,(H2,33,35,38)/t23-,26+/m1/s1. The van der Waals surface area contributed by atoms with Crippen molar-refractivity contribution in [2.75, 3.05) is 37.7 Å². The van der Waals surface area contributed by atoms with Crippen molar-refractivity contribution in [2.24, 2.45) is 17.6 Å². The number of halogens is 2. The maximum Gasteiger partial charge on any atom is 0.322 e. The highest BCUT2D eigenvalue weighted by Gasteiger charge is 2.30. The fourth-order valence-electron chi connectivity index (χ4n) is 5.35. The van der Waals surface area contributed by atoms with E-state index in [1.165, 1.54) is 6.07 Å². The molecule has 2 amide bonds. The van der Waals surface area contributed by atoms with E-state index in [0.29, 0.717) is 56.4 Å². The van der Waals surface area contributed by atoms with Crippen LogP contribution in [0.1, 0.15) is 57.4 Å². The lowest BCUT2D eigenvalue weighted by Gasteiger charge is -2.37. The molecule has 2 fully saturated rings. The lowest BCUT2D eigenvalue weighted by Crippen LogP contribution is -2.48. The number of amides is 2. The van der Waals surface area contributed by atoms with Crippen LogP contribution in [0.25, 0.3) is 0 Å². The molecule has 2 saturated heterocycles. The van der Waals surface area contributed by atoms with Crippen LogP contribution in [0.5, 0.6) is 5.75 Å². The van der Waals surface area contributed by atoms with E-state index < -0.39 is 11.6 Å². The van der Waals surface area contributed by atoms with Gasteiger partial charge in [0.15, 0.2) is 0 Å². The maximum atomic E-state index is 14.2. The lowest BCUT2D eigenvalue weighted by atomic mass is 9.85. The number of aromatic nitrogens is 1. The Bertz CT molecular complexity index is 1120. The zero-order valence-corrected chi connectivity index (χ0v) is 22.8. The zero-order valence-electron chi connectivity index (χ0n) is 22.8. The summed E-state index contributed by atoms with van der Waals surface area (Å²) >= 11 is 0. The predicted molar refractivity (Wildman–Crippen MR) is 148 cm³/mol. The van der Waals surface area contributed by atoms with Crippen molar-refractivity contribution in [3.63, 3.8) is 0 Å². The first-order chi connectivity index (χ1) is 18.7. The number of carbonyl (C=O) groups excluding carboxylic acids is 1. The molecule has 2 aromatic rings. The van der Waals surface area contributed by atoms with Gasteiger partial charge in [-0.15, -0.1) is 0 Å². The van der Waals surface area contributed by atoms with Crippen molar-refractivity contribution in [1.29, 1.82) is 5.41 Å². The zero-order chi connectivity index (χ0) is 27.9. The average Bonchev–Trinajstić information content (AvgIpc) is 2.93. The number of hydrogen-bond donors (Lipinski definition) is 3. The van der Waals surface area contributed by atoms with Crippen LogP contribution in [-0.2, 0) is 0 Å². The summed E-state index contributed by atoms with van der Waals surface area (Å²) in [5.41, 5.74) is 6.71. The molecular weight excluding hydrogens is 502 g/mol. The second-order valence-corrected chi connectivity index (χ2v) is 10.9. The van der Waals surface area contributed by atoms with Gasteiger partial charge in [-0.1, -0.05) is 13.8 Å². The van der Waals surface area contributed by atoms with Gasteiger partial charge in [0.2, 0.25) is 0 Å². The summed E-state index contributed by atoms with van der Waals surface area (Å²) in [7, 11) is 0. The Labute approximate surface area is 229 Å². The molecule has 0 radical (unpaired) electrons. The van der Waals surface area contributed by atoms with Crippen LogP contribution in [0, 0.1) is 28.9 Å². The molecule has 212 valence electrons. The van der Waals surface area contributed by atoms with E-state index in [1.54, 1.807) is 11.1 Å². The van der Waals surface area contributed by atoms with Crippen molar-refractivity contribution in [3.8, 4) is 5.75 Å². The van der Waals surface area contributed by atoms with E-state index in [-0.39, 0.29) is 29.7 Å². The Morgan fingerprint density at radius 1 is 1.18 bits per heavy atom. The van der Waals surface area contributed by atoms with Crippen molar-refractivity contribution in [3.05, 3.63) is 53.7 Å². The van der Waals surface area contributed by atoms with Crippen molar-refractivity contribution < 1.29 is 18.3 Å². The van der Waals surface area contributed by atoms with Gasteiger partial charge in [-0.25, -0.2) is 18.6 Å². The number of nitrogens with one attached hydrogen (secondary N) is 2. The van der Waals surface area contributed by atoms with E-state index in [1.807, 2.05) is 26.0 Å². The van der Waals surface area contributed by atoms with E-state index in [0.717, 1.165) is 43.6 Å². The Balaban J connectivity index is 1.16. The molecule has 0 spiro atoms. The minimum atomic E-state index is -0.451. The third-order valence-corrected chi connectivity index (χ3v) is 7.81. The number of urea groups is 1. The van der Waals surface area contributed by atoms with Gasteiger partial charge < -0.3 is 20.3 Å². The van der Waals surface area contributed by atoms with Crippen LogP contribution < -0.4 is 20.7 Å². The van der Waals surface area contributed by atoms with Gasteiger partial charge in [0, 0.05) is 44.1 Å². The third-order valence-electron chi connectivity index (χ3n) is 7.81. The number of hydrogen-bond acceptors (Lipinski definition) is 6. The van der Waals surface area contributed by atoms with E-state index in [4.69, 9.17) is 15.9 Å². The highest BCUT2D eigenvalue weighted by atomic mass is 19.1. The summed E-state index contributed by atoms with van der Waals surface area (Å²) in [5.74, 6) is 1.23.